The van der Waals surface area contributed by atoms with Crippen LogP contribution in [0.4, 0.5) is 5.69 Å². The molecule has 142 valence electrons. The zero-order valence-electron chi connectivity index (χ0n) is 15.5. The molecule has 2 aromatic carbocycles. The topological polar surface area (TPSA) is 77.5 Å². The van der Waals surface area contributed by atoms with Gasteiger partial charge in [0, 0.05) is 11.6 Å². The monoisotopic (exact) mass is 386 g/mol. The first-order valence-electron chi connectivity index (χ1n) is 9.30. The largest absolute Gasteiger partial charge is 0.494 e. The van der Waals surface area contributed by atoms with Crippen LogP contribution in [0, 0.1) is 0 Å². The molecule has 3 amide bonds. The van der Waals surface area contributed by atoms with Crippen LogP contribution in [0.5, 0.6) is 5.75 Å². The second-order valence-corrected chi connectivity index (χ2v) is 7.18. The molecular weight excluding hydrogens is 370 g/mol. The van der Waals surface area contributed by atoms with E-state index in [2.05, 4.69) is 0 Å². The summed E-state index contributed by atoms with van der Waals surface area (Å²) in [6.07, 6.45) is 5.55. The van der Waals surface area contributed by atoms with Crippen molar-refractivity contribution in [1.82, 2.24) is 4.48 Å². The molecule has 0 fully saturated rings. The number of fused-ring (bicyclic) bond motifs is 4. The van der Waals surface area contributed by atoms with Gasteiger partial charge in [-0.2, -0.15) is 0 Å². The number of amides is 3. The molecule has 0 aromatic heterocycles. The first kappa shape index (κ1) is 17.5. The molecule has 0 saturated carbocycles. The Hall–Kier alpha value is -3.64. The summed E-state index contributed by atoms with van der Waals surface area (Å²) in [6.45, 7) is 2.26. The minimum Gasteiger partial charge on any atom is -0.494 e. The number of carbonyl (C=O) groups excluding carboxylic acids is 4. The minimum atomic E-state index is -1.39. The van der Waals surface area contributed by atoms with Crippen LogP contribution in [0.1, 0.15) is 33.2 Å². The second-order valence-electron chi connectivity index (χ2n) is 7.18. The Morgan fingerprint density at radius 3 is 2.10 bits per heavy atom. The first-order valence-corrected chi connectivity index (χ1v) is 9.30. The van der Waals surface area contributed by atoms with Crippen molar-refractivity contribution in [2.45, 2.75) is 12.3 Å². The summed E-state index contributed by atoms with van der Waals surface area (Å²) < 4.78 is 4.55. The maximum Gasteiger partial charge on any atom is 0.367 e. The molecule has 3 aliphatic rings. The van der Waals surface area contributed by atoms with Gasteiger partial charge < -0.3 is 4.74 Å². The number of ketones is 1. The van der Waals surface area contributed by atoms with Crippen molar-refractivity contribution in [2.24, 2.45) is 0 Å². The number of imide groups is 3. The number of ether oxygens (including phenoxy) is 1. The van der Waals surface area contributed by atoms with E-state index < -0.39 is 27.6 Å². The van der Waals surface area contributed by atoms with E-state index in [0.717, 1.165) is 0 Å². The van der Waals surface area contributed by atoms with Gasteiger partial charge in [0.2, 0.25) is 0 Å². The van der Waals surface area contributed by atoms with Crippen LogP contribution < -0.4 is 9.22 Å². The standard InChI is InChI=1S/C23H16NO5/c1-2-29-15-7-8-19-18(13-15)23(11-9-14(25)10-12-23)22(28)24(19)20(26)16-5-3-4-6-17(16)21(24)27/h3-13H,2H2,1H3/q+1. The van der Waals surface area contributed by atoms with E-state index in [1.54, 1.807) is 42.5 Å². The molecule has 5 rings (SSSR count). The van der Waals surface area contributed by atoms with E-state index in [1.165, 1.54) is 24.3 Å². The van der Waals surface area contributed by atoms with E-state index in [0.29, 0.717) is 23.6 Å². The lowest BCUT2D eigenvalue weighted by molar-refractivity contribution is -0.127. The number of benzene rings is 2. The van der Waals surface area contributed by atoms with Crippen molar-refractivity contribution in [2.75, 3.05) is 6.61 Å². The summed E-state index contributed by atoms with van der Waals surface area (Å²) in [5.74, 6) is -1.49. The van der Waals surface area contributed by atoms with Crippen molar-refractivity contribution in [3.63, 3.8) is 0 Å². The number of nitrogens with zero attached hydrogens (tertiary/aromatic N) is 1. The van der Waals surface area contributed by atoms with Crippen LogP contribution in [-0.4, -0.2) is 30.1 Å². The molecule has 0 unspecified atom stereocenters. The lowest BCUT2D eigenvalue weighted by atomic mass is 9.78. The summed E-state index contributed by atoms with van der Waals surface area (Å²) in [5, 5.41) is 0. The van der Waals surface area contributed by atoms with Gasteiger partial charge in [-0.25, -0.2) is 14.4 Å². The highest BCUT2D eigenvalue weighted by Crippen LogP contribution is 2.53. The predicted molar refractivity (Wildman–Crippen MR) is 104 cm³/mol. The number of allylic oxidation sites excluding steroid dienone is 2. The average molecular weight is 386 g/mol. The van der Waals surface area contributed by atoms with Gasteiger partial charge in [0.25, 0.3) is 0 Å². The Balaban J connectivity index is 1.84. The lowest BCUT2D eigenvalue weighted by Crippen LogP contribution is -2.59. The second kappa shape index (κ2) is 5.68. The molecule has 6 heteroatoms. The van der Waals surface area contributed by atoms with Crippen molar-refractivity contribution in [3.8, 4) is 5.75 Å². The SMILES string of the molecule is CCOc1ccc2c(c1)C1(C=CC(=O)C=C1)C(=O)[N+]21C(=O)c2ccccc2C1=O. The maximum absolute atomic E-state index is 13.9. The zero-order chi connectivity index (χ0) is 20.4. The van der Waals surface area contributed by atoms with E-state index in [9.17, 15) is 19.2 Å². The Morgan fingerprint density at radius 2 is 1.52 bits per heavy atom. The molecule has 0 bridgehead atoms. The normalized spacial score (nSPS) is 19.9. The Labute approximate surface area is 166 Å². The van der Waals surface area contributed by atoms with E-state index in [4.69, 9.17) is 4.74 Å². The third-order valence-electron chi connectivity index (χ3n) is 5.76. The predicted octanol–water partition coefficient (Wildman–Crippen LogP) is 2.86. The quantitative estimate of drug-likeness (QED) is 0.586. The van der Waals surface area contributed by atoms with Gasteiger partial charge in [0.15, 0.2) is 16.9 Å². The van der Waals surface area contributed by atoms with Crippen LogP contribution >= 0.6 is 0 Å². The molecule has 2 spiro atoms. The summed E-state index contributed by atoms with van der Waals surface area (Å²) in [6, 6.07) is 11.4. The zero-order valence-corrected chi connectivity index (χ0v) is 15.5. The van der Waals surface area contributed by atoms with Gasteiger partial charge in [-0.3, -0.25) is 4.79 Å². The van der Waals surface area contributed by atoms with Crippen molar-refractivity contribution in [3.05, 3.63) is 83.5 Å². The maximum atomic E-state index is 13.9. The molecule has 0 radical (unpaired) electrons. The number of rotatable bonds is 2. The van der Waals surface area contributed by atoms with Gasteiger partial charge in [-0.05, 0) is 43.3 Å². The molecule has 2 heterocycles. The van der Waals surface area contributed by atoms with Gasteiger partial charge >= 0.3 is 17.7 Å². The van der Waals surface area contributed by atoms with Crippen molar-refractivity contribution in [1.29, 1.82) is 0 Å². The molecule has 0 saturated heterocycles. The van der Waals surface area contributed by atoms with Crippen LogP contribution in [0.25, 0.3) is 0 Å². The van der Waals surface area contributed by atoms with E-state index >= 15 is 0 Å². The molecule has 6 nitrogen and oxygen atoms in total. The van der Waals surface area contributed by atoms with Crippen LogP contribution in [0.15, 0.2) is 66.8 Å². The Morgan fingerprint density at radius 1 is 0.897 bits per heavy atom. The molecule has 29 heavy (non-hydrogen) atoms. The van der Waals surface area contributed by atoms with Crippen LogP contribution in [0.2, 0.25) is 0 Å². The summed E-state index contributed by atoms with van der Waals surface area (Å²) >= 11 is 0. The molecule has 1 aliphatic carbocycles. The van der Waals surface area contributed by atoms with E-state index in [1.807, 2.05) is 6.92 Å². The van der Waals surface area contributed by atoms with Crippen LogP contribution in [0.3, 0.4) is 0 Å². The Kier molecular flexibility index (Phi) is 3.42. The third-order valence-corrected chi connectivity index (χ3v) is 5.76. The molecule has 0 atom stereocenters. The fraction of sp³-hybridized carbons (Fsp3) is 0.130. The summed E-state index contributed by atoms with van der Waals surface area (Å²) in [7, 11) is 0. The number of quaternary nitrogens is 1. The third kappa shape index (κ3) is 1.93. The smallest absolute Gasteiger partial charge is 0.367 e. The van der Waals surface area contributed by atoms with Crippen molar-refractivity contribution < 1.29 is 23.9 Å². The highest BCUT2D eigenvalue weighted by molar-refractivity contribution is 6.42. The fourth-order valence-electron chi connectivity index (χ4n) is 4.47. The van der Waals surface area contributed by atoms with E-state index in [-0.39, 0.29) is 16.9 Å². The average Bonchev–Trinajstić information content (AvgIpc) is 3.09. The molecule has 0 N–H and O–H groups in total. The number of hydrogen-bond donors (Lipinski definition) is 0. The first-order chi connectivity index (χ1) is 14.0. The molecule has 2 aliphatic heterocycles. The number of hydrogen-bond acceptors (Lipinski definition) is 5. The summed E-state index contributed by atoms with van der Waals surface area (Å²) in [4.78, 5) is 52.6. The molecular formula is C23H16NO5+. The minimum absolute atomic E-state index is 0.225. The van der Waals surface area contributed by atoms with Gasteiger partial charge in [-0.15, -0.1) is 0 Å². The highest BCUT2D eigenvalue weighted by atomic mass is 16.5. The van der Waals surface area contributed by atoms with Gasteiger partial charge in [0.1, 0.15) is 5.75 Å². The fourth-order valence-corrected chi connectivity index (χ4v) is 4.47. The molecule has 2 aromatic rings. The van der Waals surface area contributed by atoms with Gasteiger partial charge in [0.05, 0.1) is 17.7 Å². The highest BCUT2D eigenvalue weighted by Gasteiger charge is 2.72. The Bertz CT molecular complexity index is 1150. The van der Waals surface area contributed by atoms with Gasteiger partial charge in [-0.1, -0.05) is 28.8 Å². The number of carbonyl (C=O) groups is 4. The van der Waals surface area contributed by atoms with Crippen LogP contribution in [-0.2, 0) is 15.0 Å². The van der Waals surface area contributed by atoms with Crippen molar-refractivity contribution >= 4 is 29.2 Å². The lowest BCUT2D eigenvalue weighted by Gasteiger charge is -2.24. The summed E-state index contributed by atoms with van der Waals surface area (Å²) in [5.41, 5.74) is -0.162.